The Kier molecular flexibility index (Phi) is 1.83. The molecule has 1 unspecified atom stereocenters. The SMILES string of the molecule is O=C(O)C1NS(=O)(=O)c2ccccc21. The molecule has 1 aromatic rings. The van der Waals surface area contributed by atoms with Gasteiger partial charge in [-0.25, -0.2) is 8.42 Å². The van der Waals surface area contributed by atoms with Crippen LogP contribution in [0.5, 0.6) is 0 Å². The summed E-state index contributed by atoms with van der Waals surface area (Å²) in [5.41, 5.74) is 0.292. The topological polar surface area (TPSA) is 83.5 Å². The molecule has 0 fully saturated rings. The average molecular weight is 213 g/mol. The minimum Gasteiger partial charge on any atom is -0.480 e. The molecule has 0 bridgehead atoms. The number of carbonyl (C=O) groups is 1. The van der Waals surface area contributed by atoms with Crippen LogP contribution in [0.3, 0.4) is 0 Å². The van der Waals surface area contributed by atoms with Crippen molar-refractivity contribution in [3.05, 3.63) is 29.8 Å². The summed E-state index contributed by atoms with van der Waals surface area (Å²) in [4.78, 5) is 10.8. The molecule has 0 aromatic heterocycles. The Bertz CT molecular complexity index is 494. The van der Waals surface area contributed by atoms with Crippen molar-refractivity contribution >= 4 is 16.0 Å². The number of carboxylic acids is 1. The van der Waals surface area contributed by atoms with E-state index in [-0.39, 0.29) is 4.90 Å². The summed E-state index contributed by atoms with van der Waals surface area (Å²) in [7, 11) is -3.63. The van der Waals surface area contributed by atoms with E-state index < -0.39 is 22.0 Å². The van der Waals surface area contributed by atoms with Crippen molar-refractivity contribution < 1.29 is 18.3 Å². The largest absolute Gasteiger partial charge is 0.480 e. The molecule has 74 valence electrons. The van der Waals surface area contributed by atoms with Crippen molar-refractivity contribution in [1.29, 1.82) is 0 Å². The predicted octanol–water partition coefficient (Wildman–Crippen LogP) is 0.104. The number of hydrogen-bond donors (Lipinski definition) is 2. The van der Waals surface area contributed by atoms with Gasteiger partial charge in [-0.05, 0) is 6.07 Å². The van der Waals surface area contributed by atoms with Gasteiger partial charge in [-0.1, -0.05) is 18.2 Å². The van der Waals surface area contributed by atoms with E-state index in [9.17, 15) is 13.2 Å². The molecule has 14 heavy (non-hydrogen) atoms. The lowest BCUT2D eigenvalue weighted by Gasteiger charge is -2.02. The number of fused-ring (bicyclic) bond motifs is 1. The zero-order valence-electron chi connectivity index (χ0n) is 6.97. The van der Waals surface area contributed by atoms with Crippen LogP contribution >= 0.6 is 0 Å². The lowest BCUT2D eigenvalue weighted by atomic mass is 10.1. The van der Waals surface area contributed by atoms with Crippen LogP contribution in [0.15, 0.2) is 29.2 Å². The average Bonchev–Trinajstić information content (AvgIpc) is 2.40. The number of nitrogens with one attached hydrogen (secondary N) is 1. The van der Waals surface area contributed by atoms with Gasteiger partial charge in [0.15, 0.2) is 0 Å². The fourth-order valence-electron chi connectivity index (χ4n) is 1.43. The number of hydrogen-bond acceptors (Lipinski definition) is 3. The lowest BCUT2D eigenvalue weighted by molar-refractivity contribution is -0.139. The van der Waals surface area contributed by atoms with E-state index in [0.29, 0.717) is 5.56 Å². The highest BCUT2D eigenvalue weighted by molar-refractivity contribution is 7.89. The molecular weight excluding hydrogens is 206 g/mol. The first-order valence-electron chi connectivity index (χ1n) is 3.86. The molecule has 2 rings (SSSR count). The first-order valence-corrected chi connectivity index (χ1v) is 5.35. The molecule has 1 aromatic carbocycles. The monoisotopic (exact) mass is 213 g/mol. The van der Waals surface area contributed by atoms with Crippen LogP contribution in [-0.2, 0) is 14.8 Å². The van der Waals surface area contributed by atoms with Crippen molar-refractivity contribution in [2.45, 2.75) is 10.9 Å². The highest BCUT2D eigenvalue weighted by Crippen LogP contribution is 2.30. The second-order valence-corrected chi connectivity index (χ2v) is 4.61. The van der Waals surface area contributed by atoms with Gasteiger partial charge in [0, 0.05) is 5.56 Å². The molecule has 1 aliphatic heterocycles. The zero-order chi connectivity index (χ0) is 10.3. The Labute approximate surface area is 80.4 Å². The Balaban J connectivity index is 2.66. The molecule has 0 saturated heterocycles. The van der Waals surface area contributed by atoms with Gasteiger partial charge >= 0.3 is 5.97 Å². The fraction of sp³-hybridized carbons (Fsp3) is 0.125. The van der Waals surface area contributed by atoms with Crippen LogP contribution in [0, 0.1) is 0 Å². The molecular formula is C8H7NO4S. The number of rotatable bonds is 1. The molecule has 0 spiro atoms. The second-order valence-electron chi connectivity index (χ2n) is 2.93. The molecule has 5 nitrogen and oxygen atoms in total. The number of aliphatic carboxylic acids is 1. The maximum absolute atomic E-state index is 11.4. The summed E-state index contributed by atoms with van der Waals surface area (Å²) in [6.45, 7) is 0. The van der Waals surface area contributed by atoms with Gasteiger partial charge in [-0.2, -0.15) is 4.72 Å². The highest BCUT2D eigenvalue weighted by atomic mass is 32.2. The fourth-order valence-corrected chi connectivity index (χ4v) is 2.85. The molecule has 0 radical (unpaired) electrons. The second kappa shape index (κ2) is 2.79. The van der Waals surface area contributed by atoms with E-state index in [0.717, 1.165) is 0 Å². The van der Waals surface area contributed by atoms with Gasteiger partial charge in [-0.3, -0.25) is 4.79 Å². The third-order valence-corrected chi connectivity index (χ3v) is 3.54. The highest BCUT2D eigenvalue weighted by Gasteiger charge is 2.37. The van der Waals surface area contributed by atoms with E-state index in [1.165, 1.54) is 12.1 Å². The molecule has 0 saturated carbocycles. The van der Waals surface area contributed by atoms with Gasteiger partial charge in [0.2, 0.25) is 10.0 Å². The first-order chi connectivity index (χ1) is 6.52. The van der Waals surface area contributed by atoms with E-state index >= 15 is 0 Å². The van der Waals surface area contributed by atoms with Gasteiger partial charge in [0.05, 0.1) is 4.90 Å². The van der Waals surface area contributed by atoms with Crippen LogP contribution < -0.4 is 4.72 Å². The van der Waals surface area contributed by atoms with Crippen LogP contribution in [0.25, 0.3) is 0 Å². The lowest BCUT2D eigenvalue weighted by Crippen LogP contribution is -2.25. The smallest absolute Gasteiger partial charge is 0.326 e. The molecule has 6 heteroatoms. The number of carboxylic acid groups (broad SMARTS) is 1. The van der Waals surface area contributed by atoms with Crippen molar-refractivity contribution in [3.8, 4) is 0 Å². The Morgan fingerprint density at radius 1 is 1.36 bits per heavy atom. The predicted molar refractivity (Wildman–Crippen MR) is 47.1 cm³/mol. The first kappa shape index (κ1) is 9.17. The Hall–Kier alpha value is -1.40. The third kappa shape index (κ3) is 1.19. The summed E-state index contributed by atoms with van der Waals surface area (Å²) >= 11 is 0. The van der Waals surface area contributed by atoms with E-state index in [1.54, 1.807) is 12.1 Å². The summed E-state index contributed by atoms with van der Waals surface area (Å²) < 4.78 is 24.9. The Morgan fingerprint density at radius 2 is 2.00 bits per heavy atom. The standard InChI is InChI=1S/C8H7NO4S/c10-8(11)7-5-3-1-2-4-6(5)14(12,13)9-7/h1-4,7,9H,(H,10,11). The number of benzene rings is 1. The Morgan fingerprint density at radius 3 is 2.64 bits per heavy atom. The van der Waals surface area contributed by atoms with Crippen LogP contribution in [0.4, 0.5) is 0 Å². The quantitative estimate of drug-likeness (QED) is 0.693. The van der Waals surface area contributed by atoms with Crippen molar-refractivity contribution in [2.75, 3.05) is 0 Å². The van der Waals surface area contributed by atoms with Crippen LogP contribution in [0.1, 0.15) is 11.6 Å². The maximum atomic E-state index is 11.4. The third-order valence-electron chi connectivity index (χ3n) is 2.04. The maximum Gasteiger partial charge on any atom is 0.326 e. The van der Waals surface area contributed by atoms with E-state index in [1.807, 2.05) is 0 Å². The van der Waals surface area contributed by atoms with E-state index in [4.69, 9.17) is 5.11 Å². The molecule has 0 amide bonds. The van der Waals surface area contributed by atoms with Crippen molar-refractivity contribution in [2.24, 2.45) is 0 Å². The minimum absolute atomic E-state index is 0.0485. The van der Waals surface area contributed by atoms with Gasteiger partial charge in [0.1, 0.15) is 6.04 Å². The summed E-state index contributed by atoms with van der Waals surface area (Å²) in [5, 5.41) is 8.77. The molecule has 1 atom stereocenters. The zero-order valence-corrected chi connectivity index (χ0v) is 7.78. The van der Waals surface area contributed by atoms with Crippen LogP contribution in [-0.4, -0.2) is 19.5 Å². The number of sulfonamides is 1. The molecule has 1 aliphatic rings. The summed E-state index contributed by atoms with van der Waals surface area (Å²) in [5.74, 6) is -1.20. The summed E-state index contributed by atoms with van der Waals surface area (Å²) in [6, 6.07) is 4.89. The van der Waals surface area contributed by atoms with Gasteiger partial charge in [0.25, 0.3) is 0 Å². The summed E-state index contributed by atoms with van der Waals surface area (Å²) in [6.07, 6.45) is 0. The minimum atomic E-state index is -3.63. The normalized spacial score (nSPS) is 23.0. The van der Waals surface area contributed by atoms with Crippen LogP contribution in [0.2, 0.25) is 0 Å². The molecule has 0 aliphatic carbocycles. The van der Waals surface area contributed by atoms with Crippen molar-refractivity contribution in [1.82, 2.24) is 4.72 Å². The van der Waals surface area contributed by atoms with Gasteiger partial charge < -0.3 is 5.11 Å². The van der Waals surface area contributed by atoms with E-state index in [2.05, 4.69) is 4.72 Å². The van der Waals surface area contributed by atoms with Crippen molar-refractivity contribution in [3.63, 3.8) is 0 Å². The molecule has 1 heterocycles. The van der Waals surface area contributed by atoms with Gasteiger partial charge in [-0.15, -0.1) is 0 Å². The molecule has 2 N–H and O–H groups in total.